The highest BCUT2D eigenvalue weighted by Crippen LogP contribution is 2.12. The van der Waals surface area contributed by atoms with Gasteiger partial charge in [-0.15, -0.1) is 0 Å². The molecule has 0 unspecified atom stereocenters. The van der Waals surface area contributed by atoms with E-state index in [2.05, 4.69) is 20.8 Å². The summed E-state index contributed by atoms with van der Waals surface area (Å²) in [6.07, 6.45) is 1.08. The van der Waals surface area contributed by atoms with E-state index in [0.717, 1.165) is 13.0 Å². The standard InChI is InChI=1S/C7H16O.H2O/c1-5-7(3,4)8-6-2;/h5-6H2,1-4H3;1H2. The van der Waals surface area contributed by atoms with Crippen LogP contribution in [-0.2, 0) is 4.74 Å². The molecular formula is C7H18O2. The average Bonchev–Trinajstić information content (AvgIpc) is 1.67. The molecule has 0 aliphatic heterocycles. The van der Waals surface area contributed by atoms with Crippen molar-refractivity contribution >= 4 is 0 Å². The first-order valence-electron chi connectivity index (χ1n) is 3.26. The van der Waals surface area contributed by atoms with Gasteiger partial charge in [-0.2, -0.15) is 0 Å². The summed E-state index contributed by atoms with van der Waals surface area (Å²) in [5.41, 5.74) is 0.0920. The first kappa shape index (κ1) is 11.7. The minimum atomic E-state index is 0. The van der Waals surface area contributed by atoms with Gasteiger partial charge in [0.15, 0.2) is 0 Å². The fourth-order valence-corrected chi connectivity index (χ4v) is 0.493. The molecule has 0 atom stereocenters. The van der Waals surface area contributed by atoms with Crippen molar-refractivity contribution in [3.8, 4) is 0 Å². The Bertz CT molecular complexity index is 59.9. The zero-order valence-electron chi connectivity index (χ0n) is 6.82. The molecular weight excluding hydrogens is 116 g/mol. The van der Waals surface area contributed by atoms with Gasteiger partial charge in [0.05, 0.1) is 5.60 Å². The Hall–Kier alpha value is -0.0800. The SMILES string of the molecule is CCOC(C)(C)CC.O. The lowest BCUT2D eigenvalue weighted by atomic mass is 10.1. The van der Waals surface area contributed by atoms with E-state index in [1.165, 1.54) is 0 Å². The number of hydrogen-bond donors (Lipinski definition) is 0. The van der Waals surface area contributed by atoms with E-state index >= 15 is 0 Å². The van der Waals surface area contributed by atoms with Crippen molar-refractivity contribution in [3.05, 3.63) is 0 Å². The van der Waals surface area contributed by atoms with Gasteiger partial charge in [-0.25, -0.2) is 0 Å². The second-order valence-electron chi connectivity index (χ2n) is 2.55. The Morgan fingerprint density at radius 2 is 1.67 bits per heavy atom. The van der Waals surface area contributed by atoms with E-state index in [1.54, 1.807) is 0 Å². The Kier molecular flexibility index (Phi) is 6.19. The Balaban J connectivity index is 0. The lowest BCUT2D eigenvalue weighted by Crippen LogP contribution is -2.22. The van der Waals surface area contributed by atoms with Crippen molar-refractivity contribution in [1.29, 1.82) is 0 Å². The van der Waals surface area contributed by atoms with E-state index in [9.17, 15) is 0 Å². The maximum Gasteiger partial charge on any atom is 0.0623 e. The van der Waals surface area contributed by atoms with Crippen molar-refractivity contribution < 1.29 is 10.2 Å². The smallest absolute Gasteiger partial charge is 0.0623 e. The van der Waals surface area contributed by atoms with Gasteiger partial charge in [0.1, 0.15) is 0 Å². The zero-order valence-corrected chi connectivity index (χ0v) is 6.82. The fraction of sp³-hybridized carbons (Fsp3) is 1.00. The van der Waals surface area contributed by atoms with Crippen LogP contribution in [-0.4, -0.2) is 17.7 Å². The molecule has 0 fully saturated rings. The third-order valence-electron chi connectivity index (χ3n) is 1.39. The van der Waals surface area contributed by atoms with Gasteiger partial charge < -0.3 is 10.2 Å². The largest absolute Gasteiger partial charge is 0.412 e. The predicted molar refractivity (Wildman–Crippen MR) is 39.6 cm³/mol. The summed E-state index contributed by atoms with van der Waals surface area (Å²) in [6, 6.07) is 0. The van der Waals surface area contributed by atoms with Gasteiger partial charge in [0.25, 0.3) is 0 Å². The van der Waals surface area contributed by atoms with Crippen LogP contribution in [0.4, 0.5) is 0 Å². The lowest BCUT2D eigenvalue weighted by Gasteiger charge is -2.21. The molecule has 0 aliphatic rings. The Morgan fingerprint density at radius 3 is 1.78 bits per heavy atom. The highest BCUT2D eigenvalue weighted by Gasteiger charge is 2.12. The van der Waals surface area contributed by atoms with Gasteiger partial charge >= 0.3 is 0 Å². The van der Waals surface area contributed by atoms with Crippen molar-refractivity contribution in [1.82, 2.24) is 0 Å². The summed E-state index contributed by atoms with van der Waals surface area (Å²) in [5, 5.41) is 0. The first-order chi connectivity index (χ1) is 3.62. The van der Waals surface area contributed by atoms with Gasteiger partial charge in [-0.05, 0) is 27.2 Å². The number of rotatable bonds is 3. The maximum absolute atomic E-state index is 5.38. The van der Waals surface area contributed by atoms with Crippen molar-refractivity contribution in [2.24, 2.45) is 0 Å². The zero-order chi connectivity index (χ0) is 6.62. The third-order valence-corrected chi connectivity index (χ3v) is 1.39. The van der Waals surface area contributed by atoms with Gasteiger partial charge in [0, 0.05) is 6.61 Å². The Morgan fingerprint density at radius 1 is 1.22 bits per heavy atom. The molecule has 0 amide bonds. The summed E-state index contributed by atoms with van der Waals surface area (Å²) >= 11 is 0. The minimum Gasteiger partial charge on any atom is -0.412 e. The van der Waals surface area contributed by atoms with Crippen LogP contribution in [0.1, 0.15) is 34.1 Å². The molecule has 0 spiro atoms. The maximum atomic E-state index is 5.38. The molecule has 2 N–H and O–H groups in total. The van der Waals surface area contributed by atoms with Gasteiger partial charge in [-0.3, -0.25) is 0 Å². The summed E-state index contributed by atoms with van der Waals surface area (Å²) < 4.78 is 5.38. The van der Waals surface area contributed by atoms with Crippen LogP contribution in [0.5, 0.6) is 0 Å². The molecule has 0 bridgehead atoms. The topological polar surface area (TPSA) is 40.7 Å². The molecule has 0 radical (unpaired) electrons. The van der Waals surface area contributed by atoms with Crippen LogP contribution in [0.25, 0.3) is 0 Å². The monoisotopic (exact) mass is 134 g/mol. The third kappa shape index (κ3) is 5.80. The lowest BCUT2D eigenvalue weighted by molar-refractivity contribution is -0.0124. The van der Waals surface area contributed by atoms with Crippen molar-refractivity contribution in [3.63, 3.8) is 0 Å². The Labute approximate surface area is 57.5 Å². The molecule has 0 saturated carbocycles. The predicted octanol–water partition coefficient (Wildman–Crippen LogP) is 1.39. The molecule has 2 heteroatoms. The highest BCUT2D eigenvalue weighted by molar-refractivity contribution is 4.63. The summed E-state index contributed by atoms with van der Waals surface area (Å²) in [4.78, 5) is 0. The number of hydrogen-bond acceptors (Lipinski definition) is 1. The molecule has 0 aromatic rings. The van der Waals surface area contributed by atoms with Crippen LogP contribution < -0.4 is 0 Å². The number of ether oxygens (including phenoxy) is 1. The molecule has 0 heterocycles. The summed E-state index contributed by atoms with van der Waals surface area (Å²) in [7, 11) is 0. The van der Waals surface area contributed by atoms with E-state index in [4.69, 9.17) is 4.74 Å². The van der Waals surface area contributed by atoms with Crippen LogP contribution in [0.15, 0.2) is 0 Å². The molecule has 0 aromatic carbocycles. The van der Waals surface area contributed by atoms with Crippen LogP contribution in [0, 0.1) is 0 Å². The molecule has 0 aliphatic carbocycles. The quantitative estimate of drug-likeness (QED) is 0.575. The second-order valence-corrected chi connectivity index (χ2v) is 2.55. The molecule has 9 heavy (non-hydrogen) atoms. The average molecular weight is 134 g/mol. The molecule has 0 rings (SSSR count). The minimum absolute atomic E-state index is 0. The van der Waals surface area contributed by atoms with Gasteiger partial charge in [-0.1, -0.05) is 6.92 Å². The van der Waals surface area contributed by atoms with Crippen LogP contribution in [0.2, 0.25) is 0 Å². The second kappa shape index (κ2) is 4.77. The molecule has 2 nitrogen and oxygen atoms in total. The molecule has 58 valence electrons. The van der Waals surface area contributed by atoms with Crippen LogP contribution in [0.3, 0.4) is 0 Å². The molecule has 0 saturated heterocycles. The summed E-state index contributed by atoms with van der Waals surface area (Å²) in [5.74, 6) is 0. The van der Waals surface area contributed by atoms with E-state index in [1.807, 2.05) is 6.92 Å². The van der Waals surface area contributed by atoms with Crippen LogP contribution >= 0.6 is 0 Å². The molecule has 0 aromatic heterocycles. The van der Waals surface area contributed by atoms with E-state index in [0.29, 0.717) is 0 Å². The normalized spacial score (nSPS) is 10.7. The summed E-state index contributed by atoms with van der Waals surface area (Å²) in [6.45, 7) is 9.20. The fourth-order valence-electron chi connectivity index (χ4n) is 0.493. The highest BCUT2D eigenvalue weighted by atomic mass is 16.5. The first-order valence-corrected chi connectivity index (χ1v) is 3.26. The van der Waals surface area contributed by atoms with Crippen molar-refractivity contribution in [2.75, 3.05) is 6.61 Å². The van der Waals surface area contributed by atoms with Gasteiger partial charge in [0.2, 0.25) is 0 Å². The van der Waals surface area contributed by atoms with E-state index < -0.39 is 0 Å². The van der Waals surface area contributed by atoms with E-state index in [-0.39, 0.29) is 11.1 Å². The van der Waals surface area contributed by atoms with Crippen molar-refractivity contribution in [2.45, 2.75) is 39.7 Å².